The molecule has 0 amide bonds. The predicted octanol–water partition coefficient (Wildman–Crippen LogP) is 6.93. The van der Waals surface area contributed by atoms with Gasteiger partial charge in [0.1, 0.15) is 0 Å². The van der Waals surface area contributed by atoms with Crippen LogP contribution in [0.25, 0.3) is 0 Å². The summed E-state index contributed by atoms with van der Waals surface area (Å²) in [7, 11) is 0. The molecular formula is C23H34. The zero-order valence-electron chi connectivity index (χ0n) is 15.6. The normalized spacial score (nSPS) is 29.2. The van der Waals surface area contributed by atoms with E-state index in [4.69, 9.17) is 0 Å². The van der Waals surface area contributed by atoms with Crippen molar-refractivity contribution in [1.82, 2.24) is 0 Å². The highest BCUT2D eigenvalue weighted by Gasteiger charge is 2.66. The van der Waals surface area contributed by atoms with Crippen molar-refractivity contribution in [2.75, 3.05) is 0 Å². The summed E-state index contributed by atoms with van der Waals surface area (Å²) in [5, 5.41) is 0. The molecule has 0 nitrogen and oxygen atoms in total. The van der Waals surface area contributed by atoms with Gasteiger partial charge in [-0.15, -0.1) is 0 Å². The van der Waals surface area contributed by atoms with Gasteiger partial charge in [-0.05, 0) is 55.6 Å². The van der Waals surface area contributed by atoms with E-state index < -0.39 is 0 Å². The van der Waals surface area contributed by atoms with Crippen LogP contribution in [0.5, 0.6) is 0 Å². The molecule has 1 aromatic carbocycles. The molecule has 2 atom stereocenters. The van der Waals surface area contributed by atoms with Gasteiger partial charge >= 0.3 is 0 Å². The van der Waals surface area contributed by atoms with Crippen LogP contribution >= 0.6 is 0 Å². The molecule has 3 aliphatic carbocycles. The third-order valence-corrected chi connectivity index (χ3v) is 6.48. The van der Waals surface area contributed by atoms with Gasteiger partial charge in [-0.3, -0.25) is 0 Å². The van der Waals surface area contributed by atoms with Gasteiger partial charge in [-0.1, -0.05) is 76.5 Å². The minimum absolute atomic E-state index is 0.374. The molecule has 4 rings (SSSR count). The summed E-state index contributed by atoms with van der Waals surface area (Å²) in [6.45, 7) is 8.74. The van der Waals surface area contributed by atoms with E-state index in [1.807, 2.05) is 19.4 Å². The smallest absolute Gasteiger partial charge is 0.0205 e. The monoisotopic (exact) mass is 310 g/mol. The molecule has 0 aliphatic heterocycles. The molecular weight excluding hydrogens is 276 g/mol. The average Bonchev–Trinajstić information content (AvgIpc) is 3.28. The lowest BCUT2D eigenvalue weighted by Crippen LogP contribution is -2.27. The molecule has 0 bridgehead atoms. The first-order chi connectivity index (χ1) is 11.3. The quantitative estimate of drug-likeness (QED) is 0.529. The lowest BCUT2D eigenvalue weighted by Gasteiger charge is -2.34. The molecule has 3 aliphatic rings. The lowest BCUT2D eigenvalue weighted by atomic mass is 9.70. The number of rotatable bonds is 4. The first-order valence-corrected chi connectivity index (χ1v) is 10.1. The van der Waals surface area contributed by atoms with E-state index in [9.17, 15) is 0 Å². The number of fused-ring (bicyclic) bond motifs is 1. The Morgan fingerprint density at radius 3 is 2.30 bits per heavy atom. The largest absolute Gasteiger partial charge is 0.0835 e. The molecule has 1 fully saturated rings. The number of benzene rings is 1. The first-order valence-electron chi connectivity index (χ1n) is 10.1. The number of hydrogen-bond acceptors (Lipinski definition) is 0. The van der Waals surface area contributed by atoms with Crippen molar-refractivity contribution in [3.63, 3.8) is 0 Å². The van der Waals surface area contributed by atoms with Gasteiger partial charge in [0.05, 0.1) is 0 Å². The highest BCUT2D eigenvalue weighted by Crippen LogP contribution is 2.72. The summed E-state index contributed by atoms with van der Waals surface area (Å²) in [6, 6.07) is 9.47. The fraction of sp³-hybridized carbons (Fsp3) is 0.652. The molecule has 0 aromatic heterocycles. The highest BCUT2D eigenvalue weighted by molar-refractivity contribution is 5.64. The Morgan fingerprint density at radius 2 is 1.65 bits per heavy atom. The predicted molar refractivity (Wildman–Crippen MR) is 101 cm³/mol. The van der Waals surface area contributed by atoms with Gasteiger partial charge in [0, 0.05) is 10.8 Å². The highest BCUT2D eigenvalue weighted by atomic mass is 14.7. The van der Waals surface area contributed by atoms with E-state index in [2.05, 4.69) is 44.2 Å². The van der Waals surface area contributed by atoms with E-state index >= 15 is 0 Å². The van der Waals surface area contributed by atoms with Gasteiger partial charge < -0.3 is 0 Å². The van der Waals surface area contributed by atoms with Crippen molar-refractivity contribution in [3.8, 4) is 0 Å². The summed E-state index contributed by atoms with van der Waals surface area (Å²) in [5.74, 6) is 0.947. The minimum Gasteiger partial charge on any atom is -0.0835 e. The van der Waals surface area contributed by atoms with Crippen LogP contribution < -0.4 is 0 Å². The fourth-order valence-electron chi connectivity index (χ4n) is 5.85. The minimum atomic E-state index is 0.374. The molecule has 0 saturated heterocycles. The zero-order chi connectivity index (χ0) is 16.5. The Labute approximate surface area is 143 Å². The molecule has 1 saturated carbocycles. The van der Waals surface area contributed by atoms with E-state index in [-0.39, 0.29) is 0 Å². The Balaban J connectivity index is 0.000000753. The SMILES string of the molecule is CC.CCCC1(CCC)C2=CCCCC3CC23c2ccccc21. The fourth-order valence-corrected chi connectivity index (χ4v) is 5.85. The van der Waals surface area contributed by atoms with E-state index in [0.717, 1.165) is 5.92 Å². The molecule has 126 valence electrons. The zero-order valence-corrected chi connectivity index (χ0v) is 15.6. The maximum absolute atomic E-state index is 2.68. The Bertz CT molecular complexity index is 573. The van der Waals surface area contributed by atoms with Crippen LogP contribution in [0.4, 0.5) is 0 Å². The van der Waals surface area contributed by atoms with Crippen molar-refractivity contribution >= 4 is 0 Å². The van der Waals surface area contributed by atoms with Gasteiger partial charge in [0.2, 0.25) is 0 Å². The Hall–Kier alpha value is -1.04. The van der Waals surface area contributed by atoms with Gasteiger partial charge in [-0.2, -0.15) is 0 Å². The van der Waals surface area contributed by atoms with Crippen LogP contribution in [-0.2, 0) is 10.8 Å². The summed E-state index contributed by atoms with van der Waals surface area (Å²) in [6.07, 6.45) is 13.6. The third kappa shape index (κ3) is 2.24. The van der Waals surface area contributed by atoms with Gasteiger partial charge in [-0.25, -0.2) is 0 Å². The van der Waals surface area contributed by atoms with Crippen molar-refractivity contribution in [3.05, 3.63) is 47.0 Å². The topological polar surface area (TPSA) is 0 Å². The maximum Gasteiger partial charge on any atom is 0.0205 e. The standard InChI is InChI=1S/C21H28.C2H6/c1-3-13-20(14-4-2)17-10-6-7-11-18(17)21-15-16(21)9-5-8-12-19(20)21;1-2/h6-7,10-12,16H,3-5,8-9,13-15H2,1-2H3;1-2H3. The molecule has 2 unspecified atom stereocenters. The second kappa shape index (κ2) is 6.46. The van der Waals surface area contributed by atoms with Crippen LogP contribution in [-0.4, -0.2) is 0 Å². The van der Waals surface area contributed by atoms with Crippen molar-refractivity contribution < 1.29 is 0 Å². The Morgan fingerprint density at radius 1 is 1.00 bits per heavy atom. The second-order valence-corrected chi connectivity index (χ2v) is 7.55. The van der Waals surface area contributed by atoms with Crippen LogP contribution in [0, 0.1) is 5.92 Å². The molecule has 23 heavy (non-hydrogen) atoms. The van der Waals surface area contributed by atoms with E-state index in [1.165, 1.54) is 51.4 Å². The van der Waals surface area contributed by atoms with Crippen molar-refractivity contribution in [1.29, 1.82) is 0 Å². The Kier molecular flexibility index (Phi) is 4.72. The summed E-state index contributed by atoms with van der Waals surface area (Å²) >= 11 is 0. The van der Waals surface area contributed by atoms with Gasteiger partial charge in [0.25, 0.3) is 0 Å². The number of hydrogen-bond donors (Lipinski definition) is 0. The summed E-state index contributed by atoms with van der Waals surface area (Å²) in [4.78, 5) is 0. The van der Waals surface area contributed by atoms with E-state index in [0.29, 0.717) is 10.8 Å². The molecule has 0 heterocycles. The van der Waals surface area contributed by atoms with Crippen molar-refractivity contribution in [2.45, 2.75) is 89.9 Å². The third-order valence-electron chi connectivity index (χ3n) is 6.48. The maximum atomic E-state index is 2.68. The van der Waals surface area contributed by atoms with Crippen LogP contribution in [0.3, 0.4) is 0 Å². The van der Waals surface area contributed by atoms with Gasteiger partial charge in [0.15, 0.2) is 0 Å². The molecule has 1 aromatic rings. The molecule has 0 N–H and O–H groups in total. The molecule has 0 radical (unpaired) electrons. The summed E-state index contributed by atoms with van der Waals surface area (Å²) in [5.41, 5.74) is 6.10. The van der Waals surface area contributed by atoms with Crippen LogP contribution in [0.1, 0.15) is 90.2 Å². The first kappa shape index (κ1) is 16.8. The molecule has 1 spiro atoms. The second-order valence-electron chi connectivity index (χ2n) is 7.55. The van der Waals surface area contributed by atoms with Crippen LogP contribution in [0.2, 0.25) is 0 Å². The number of allylic oxidation sites excluding steroid dienone is 2. The van der Waals surface area contributed by atoms with E-state index in [1.54, 1.807) is 11.1 Å². The average molecular weight is 311 g/mol. The lowest BCUT2D eigenvalue weighted by molar-refractivity contribution is 0.413. The van der Waals surface area contributed by atoms with Crippen molar-refractivity contribution in [2.24, 2.45) is 5.92 Å². The van der Waals surface area contributed by atoms with Crippen LogP contribution in [0.15, 0.2) is 35.9 Å². The summed E-state index contributed by atoms with van der Waals surface area (Å²) < 4.78 is 0. The molecule has 0 heteroatoms.